The van der Waals surface area contributed by atoms with Crippen LogP contribution >= 0.6 is 11.3 Å². The van der Waals surface area contributed by atoms with Crippen LogP contribution in [-0.4, -0.2) is 34.3 Å². The molecule has 1 aliphatic rings. The van der Waals surface area contributed by atoms with Crippen LogP contribution in [0.15, 0.2) is 41.8 Å². The summed E-state index contributed by atoms with van der Waals surface area (Å²) in [7, 11) is 0. The van der Waals surface area contributed by atoms with Crippen molar-refractivity contribution in [3.63, 3.8) is 0 Å². The van der Waals surface area contributed by atoms with Crippen molar-refractivity contribution in [2.45, 2.75) is 38.3 Å². The van der Waals surface area contributed by atoms with Gasteiger partial charge in [0.05, 0.1) is 12.5 Å². The Labute approximate surface area is 161 Å². The summed E-state index contributed by atoms with van der Waals surface area (Å²) in [6.45, 7) is 1.28. The molecule has 0 saturated carbocycles. The van der Waals surface area contributed by atoms with Crippen LogP contribution in [0.3, 0.4) is 0 Å². The number of hydrogen-bond acceptors (Lipinski definition) is 4. The molecule has 3 rings (SSSR count). The maximum Gasteiger partial charge on any atom is 0.305 e. The Morgan fingerprint density at radius 2 is 1.93 bits per heavy atom. The molecule has 2 aromatic rings. The van der Waals surface area contributed by atoms with Crippen molar-refractivity contribution in [3.05, 3.63) is 57.8 Å². The van der Waals surface area contributed by atoms with Crippen molar-refractivity contribution in [3.8, 4) is 0 Å². The highest BCUT2D eigenvalue weighted by Gasteiger charge is 2.23. The van der Waals surface area contributed by atoms with Gasteiger partial charge in [-0.25, -0.2) is 0 Å². The van der Waals surface area contributed by atoms with E-state index in [2.05, 4.69) is 5.32 Å². The number of carbonyl (C=O) groups excluding carboxylic acids is 2. The number of rotatable bonds is 7. The quantitative estimate of drug-likeness (QED) is 0.766. The van der Waals surface area contributed by atoms with Crippen LogP contribution in [0, 0.1) is 0 Å². The molecular weight excluding hydrogens is 364 g/mol. The predicted octanol–water partition coefficient (Wildman–Crippen LogP) is 2.75. The Hall–Kier alpha value is -2.67. The lowest BCUT2D eigenvalue weighted by molar-refractivity contribution is -0.138. The third-order valence-corrected chi connectivity index (χ3v) is 5.67. The van der Waals surface area contributed by atoms with Gasteiger partial charge in [-0.1, -0.05) is 30.3 Å². The van der Waals surface area contributed by atoms with E-state index in [4.69, 9.17) is 5.11 Å². The highest BCUT2D eigenvalue weighted by molar-refractivity contribution is 7.10. The number of hydrogen-bond donors (Lipinski definition) is 2. The van der Waals surface area contributed by atoms with Crippen LogP contribution in [0.2, 0.25) is 0 Å². The highest BCUT2D eigenvalue weighted by Crippen LogP contribution is 2.24. The Balaban J connectivity index is 1.52. The van der Waals surface area contributed by atoms with Crippen LogP contribution in [0.25, 0.3) is 0 Å². The number of nitrogens with zero attached hydrogens (tertiary/aromatic N) is 1. The van der Waals surface area contributed by atoms with Crippen LogP contribution < -0.4 is 5.32 Å². The van der Waals surface area contributed by atoms with Crippen LogP contribution in [0.5, 0.6) is 0 Å². The second-order valence-electron chi connectivity index (χ2n) is 6.56. The lowest BCUT2D eigenvalue weighted by Gasteiger charge is -2.27. The molecule has 2 amide bonds. The number of carboxylic acid groups (broad SMARTS) is 1. The normalized spacial score (nSPS) is 14.3. The Kier molecular flexibility index (Phi) is 6.24. The topological polar surface area (TPSA) is 86.7 Å². The smallest absolute Gasteiger partial charge is 0.305 e. The fourth-order valence-electron chi connectivity index (χ4n) is 3.22. The van der Waals surface area contributed by atoms with Gasteiger partial charge in [-0.3, -0.25) is 14.4 Å². The zero-order valence-corrected chi connectivity index (χ0v) is 15.7. The first kappa shape index (κ1) is 19.1. The molecular formula is C20H22N2O4S. The zero-order valence-electron chi connectivity index (χ0n) is 14.9. The number of fused-ring (bicyclic) bond motifs is 1. The maximum absolute atomic E-state index is 12.4. The molecule has 1 atom stereocenters. The fourth-order valence-corrected chi connectivity index (χ4v) is 4.11. The van der Waals surface area contributed by atoms with E-state index in [9.17, 15) is 14.4 Å². The molecule has 0 saturated heterocycles. The maximum atomic E-state index is 12.4. The Morgan fingerprint density at radius 3 is 2.67 bits per heavy atom. The van der Waals surface area contributed by atoms with Crippen LogP contribution in [0.4, 0.5) is 0 Å². The van der Waals surface area contributed by atoms with E-state index in [1.54, 1.807) is 40.5 Å². The molecule has 1 aromatic heterocycles. The molecule has 27 heavy (non-hydrogen) atoms. The predicted molar refractivity (Wildman–Crippen MR) is 102 cm³/mol. The standard InChI is InChI=1S/C20H22N2O4S/c23-18(21-16(12-20(25)26)14-4-2-1-3-5-14)6-7-19(24)22-10-8-17-15(13-22)9-11-27-17/h1-5,9,11,16H,6-8,10,12-13H2,(H,21,23)(H,25,26). The summed E-state index contributed by atoms with van der Waals surface area (Å²) in [5, 5.41) is 13.9. The zero-order chi connectivity index (χ0) is 19.2. The minimum absolute atomic E-state index is 0.0449. The van der Waals surface area contributed by atoms with E-state index < -0.39 is 12.0 Å². The molecule has 1 aliphatic heterocycles. The van der Waals surface area contributed by atoms with Crippen LogP contribution in [-0.2, 0) is 27.3 Å². The minimum atomic E-state index is -0.986. The molecule has 2 heterocycles. The number of nitrogens with one attached hydrogen (secondary N) is 1. The average Bonchev–Trinajstić information content (AvgIpc) is 3.13. The minimum Gasteiger partial charge on any atom is -0.481 e. The first-order valence-electron chi connectivity index (χ1n) is 8.92. The Morgan fingerprint density at radius 1 is 1.15 bits per heavy atom. The molecule has 7 heteroatoms. The number of thiophene rings is 1. The van der Waals surface area contributed by atoms with Crippen molar-refractivity contribution in [2.24, 2.45) is 0 Å². The molecule has 0 bridgehead atoms. The van der Waals surface area contributed by atoms with Gasteiger partial charge >= 0.3 is 5.97 Å². The molecule has 0 aliphatic carbocycles. The molecule has 0 fully saturated rings. The third-order valence-electron chi connectivity index (χ3n) is 4.64. The first-order chi connectivity index (χ1) is 13.0. The van der Waals surface area contributed by atoms with E-state index in [1.165, 1.54) is 10.4 Å². The van der Waals surface area contributed by atoms with Crippen molar-refractivity contribution in [1.82, 2.24) is 10.2 Å². The summed E-state index contributed by atoms with van der Waals surface area (Å²) >= 11 is 1.72. The van der Waals surface area contributed by atoms with E-state index in [1.807, 2.05) is 17.5 Å². The summed E-state index contributed by atoms with van der Waals surface area (Å²) in [4.78, 5) is 38.9. The summed E-state index contributed by atoms with van der Waals surface area (Å²) in [6, 6.07) is 10.4. The van der Waals surface area contributed by atoms with E-state index in [0.717, 1.165) is 12.0 Å². The second kappa shape index (κ2) is 8.81. The molecule has 0 spiro atoms. The molecule has 2 N–H and O–H groups in total. The highest BCUT2D eigenvalue weighted by atomic mass is 32.1. The number of benzene rings is 1. The number of amides is 2. The molecule has 6 nitrogen and oxygen atoms in total. The number of carboxylic acids is 1. The van der Waals surface area contributed by atoms with Gasteiger partial charge < -0.3 is 15.3 Å². The fraction of sp³-hybridized carbons (Fsp3) is 0.350. The van der Waals surface area contributed by atoms with Gasteiger partial charge in [0.25, 0.3) is 0 Å². The van der Waals surface area contributed by atoms with Gasteiger partial charge in [-0.05, 0) is 29.0 Å². The molecule has 142 valence electrons. The number of carbonyl (C=O) groups is 3. The summed E-state index contributed by atoms with van der Waals surface area (Å²) in [6.07, 6.45) is 0.838. The Bertz CT molecular complexity index is 818. The second-order valence-corrected chi connectivity index (χ2v) is 7.56. The van der Waals surface area contributed by atoms with Crippen molar-refractivity contribution < 1.29 is 19.5 Å². The van der Waals surface area contributed by atoms with Crippen LogP contribution in [0.1, 0.15) is 41.3 Å². The molecule has 1 unspecified atom stereocenters. The van der Waals surface area contributed by atoms with Crippen molar-refractivity contribution >= 4 is 29.1 Å². The van der Waals surface area contributed by atoms with E-state index >= 15 is 0 Å². The number of aliphatic carboxylic acids is 1. The lowest BCUT2D eigenvalue weighted by atomic mass is 10.0. The molecule has 1 aromatic carbocycles. The first-order valence-corrected chi connectivity index (χ1v) is 9.80. The summed E-state index contributed by atoms with van der Waals surface area (Å²) < 4.78 is 0. The van der Waals surface area contributed by atoms with E-state index in [0.29, 0.717) is 13.1 Å². The lowest BCUT2D eigenvalue weighted by Crippen LogP contribution is -2.36. The van der Waals surface area contributed by atoms with Gasteiger partial charge in [-0.2, -0.15) is 0 Å². The average molecular weight is 386 g/mol. The van der Waals surface area contributed by atoms with Gasteiger partial charge in [0.1, 0.15) is 0 Å². The van der Waals surface area contributed by atoms with Gasteiger partial charge in [0.15, 0.2) is 0 Å². The summed E-state index contributed by atoms with van der Waals surface area (Å²) in [5.74, 6) is -1.34. The largest absolute Gasteiger partial charge is 0.481 e. The summed E-state index contributed by atoms with van der Waals surface area (Å²) in [5.41, 5.74) is 1.93. The van der Waals surface area contributed by atoms with Gasteiger partial charge in [0.2, 0.25) is 11.8 Å². The third kappa shape index (κ3) is 5.17. The van der Waals surface area contributed by atoms with Gasteiger partial charge in [-0.15, -0.1) is 11.3 Å². The molecule has 0 radical (unpaired) electrons. The van der Waals surface area contributed by atoms with Crippen molar-refractivity contribution in [1.29, 1.82) is 0 Å². The SMILES string of the molecule is O=C(O)CC(NC(=O)CCC(=O)N1CCc2sccc2C1)c1ccccc1. The van der Waals surface area contributed by atoms with E-state index in [-0.39, 0.29) is 31.1 Å². The monoisotopic (exact) mass is 386 g/mol. The van der Waals surface area contributed by atoms with Crippen molar-refractivity contribution in [2.75, 3.05) is 6.54 Å². The van der Waals surface area contributed by atoms with Gasteiger partial charge in [0, 0.05) is 30.8 Å².